The van der Waals surface area contributed by atoms with Gasteiger partial charge in [-0.3, -0.25) is 0 Å². The second-order valence-corrected chi connectivity index (χ2v) is 3.67. The largest absolute Gasteiger partial charge is 0.495 e. The van der Waals surface area contributed by atoms with Crippen molar-refractivity contribution < 1.29 is 9.53 Å². The molecule has 0 bridgehead atoms. The molecule has 2 N–H and O–H groups in total. The summed E-state index contributed by atoms with van der Waals surface area (Å²) in [6, 6.07) is 4.73. The van der Waals surface area contributed by atoms with Crippen LogP contribution in [0.3, 0.4) is 0 Å². The van der Waals surface area contributed by atoms with Crippen LogP contribution in [0, 0.1) is 0 Å². The summed E-state index contributed by atoms with van der Waals surface area (Å²) in [6.45, 7) is 1.99. The zero-order chi connectivity index (χ0) is 12.7. The number of hydrogen-bond acceptors (Lipinski definition) is 2. The predicted molar refractivity (Wildman–Crippen MR) is 69.6 cm³/mol. The van der Waals surface area contributed by atoms with Gasteiger partial charge in [-0.1, -0.05) is 24.6 Å². The number of anilines is 1. The van der Waals surface area contributed by atoms with Crippen LogP contribution in [0.1, 0.15) is 13.3 Å². The standard InChI is InChI=1S/C12H15ClN2O2/c1-3-4-7-14-12(16)15-9-5-6-11(17-2)10(13)8-9/h4-8H,3H2,1-2H3,(H2,14,15,16)/b7-4+. The predicted octanol–water partition coefficient (Wildman–Crippen LogP) is 3.39. The molecule has 0 spiro atoms. The number of halogens is 1. The molecular weight excluding hydrogens is 240 g/mol. The van der Waals surface area contributed by atoms with E-state index < -0.39 is 0 Å². The maximum absolute atomic E-state index is 11.4. The van der Waals surface area contributed by atoms with Gasteiger partial charge in [-0.2, -0.15) is 0 Å². The lowest BCUT2D eigenvalue weighted by atomic mass is 10.3. The smallest absolute Gasteiger partial charge is 0.323 e. The minimum atomic E-state index is -0.309. The summed E-state index contributed by atoms with van der Waals surface area (Å²) in [5, 5.41) is 5.68. The van der Waals surface area contributed by atoms with Gasteiger partial charge in [-0.25, -0.2) is 4.79 Å². The zero-order valence-electron chi connectivity index (χ0n) is 9.79. The second-order valence-electron chi connectivity index (χ2n) is 3.26. The number of amides is 2. The van der Waals surface area contributed by atoms with Crippen LogP contribution in [-0.2, 0) is 0 Å². The number of carbonyl (C=O) groups excluding carboxylic acids is 1. The normalized spacial score (nSPS) is 10.3. The van der Waals surface area contributed by atoms with E-state index in [0.29, 0.717) is 16.5 Å². The number of hydrogen-bond donors (Lipinski definition) is 2. The van der Waals surface area contributed by atoms with Crippen LogP contribution in [0.25, 0.3) is 0 Å². The van der Waals surface area contributed by atoms with Crippen LogP contribution in [0.15, 0.2) is 30.5 Å². The number of ether oxygens (including phenoxy) is 1. The van der Waals surface area contributed by atoms with Gasteiger partial charge >= 0.3 is 6.03 Å². The molecule has 0 unspecified atom stereocenters. The van der Waals surface area contributed by atoms with Crippen molar-refractivity contribution in [3.8, 4) is 5.75 Å². The summed E-state index contributed by atoms with van der Waals surface area (Å²) >= 11 is 5.93. The Balaban J connectivity index is 2.60. The molecular formula is C12H15ClN2O2. The fraction of sp³-hybridized carbons (Fsp3) is 0.250. The number of carbonyl (C=O) groups is 1. The fourth-order valence-electron chi connectivity index (χ4n) is 1.16. The number of nitrogens with one attached hydrogen (secondary N) is 2. The third-order valence-electron chi connectivity index (χ3n) is 1.98. The molecule has 5 heteroatoms. The zero-order valence-corrected chi connectivity index (χ0v) is 10.5. The first-order chi connectivity index (χ1) is 8.17. The summed E-state index contributed by atoms with van der Waals surface area (Å²) in [7, 11) is 1.54. The monoisotopic (exact) mass is 254 g/mol. The minimum absolute atomic E-state index is 0.309. The molecule has 0 aliphatic carbocycles. The van der Waals surface area contributed by atoms with Gasteiger partial charge in [-0.05, 0) is 24.6 Å². The van der Waals surface area contributed by atoms with Crippen molar-refractivity contribution in [2.24, 2.45) is 0 Å². The Morgan fingerprint density at radius 1 is 1.53 bits per heavy atom. The highest BCUT2D eigenvalue weighted by Crippen LogP contribution is 2.26. The summed E-state index contributed by atoms with van der Waals surface area (Å²) in [5.74, 6) is 0.573. The molecule has 17 heavy (non-hydrogen) atoms. The number of benzene rings is 1. The van der Waals surface area contributed by atoms with Crippen molar-refractivity contribution in [1.82, 2.24) is 5.32 Å². The van der Waals surface area contributed by atoms with Gasteiger partial charge in [0.15, 0.2) is 0 Å². The van der Waals surface area contributed by atoms with Crippen LogP contribution in [0.4, 0.5) is 10.5 Å². The van der Waals surface area contributed by atoms with Crippen molar-refractivity contribution in [3.63, 3.8) is 0 Å². The van der Waals surface area contributed by atoms with Gasteiger partial charge in [0.1, 0.15) is 5.75 Å². The SMILES string of the molecule is CC/C=C/NC(=O)Nc1ccc(OC)c(Cl)c1. The maximum Gasteiger partial charge on any atom is 0.323 e. The Hall–Kier alpha value is -1.68. The molecule has 1 rings (SSSR count). The Kier molecular flexibility index (Phi) is 5.36. The summed E-state index contributed by atoms with van der Waals surface area (Å²) in [4.78, 5) is 11.4. The second kappa shape index (κ2) is 6.81. The maximum atomic E-state index is 11.4. The lowest BCUT2D eigenvalue weighted by Crippen LogP contribution is -2.23. The molecule has 0 aliphatic heterocycles. The van der Waals surface area contributed by atoms with Gasteiger partial charge < -0.3 is 15.4 Å². The molecule has 0 radical (unpaired) electrons. The van der Waals surface area contributed by atoms with Crippen LogP contribution in [0.2, 0.25) is 5.02 Å². The third kappa shape index (κ3) is 4.36. The molecule has 0 heterocycles. The van der Waals surface area contributed by atoms with Crippen LogP contribution in [-0.4, -0.2) is 13.1 Å². The average molecular weight is 255 g/mol. The van der Waals surface area contributed by atoms with Crippen molar-refractivity contribution in [1.29, 1.82) is 0 Å². The minimum Gasteiger partial charge on any atom is -0.495 e. The number of allylic oxidation sites excluding steroid dienone is 1. The Morgan fingerprint density at radius 2 is 2.29 bits per heavy atom. The lowest BCUT2D eigenvalue weighted by molar-refractivity contribution is 0.255. The fourth-order valence-corrected chi connectivity index (χ4v) is 1.42. The highest BCUT2D eigenvalue weighted by Gasteiger charge is 2.03. The number of methoxy groups -OCH3 is 1. The molecule has 92 valence electrons. The topological polar surface area (TPSA) is 50.4 Å². The van der Waals surface area contributed by atoms with Gasteiger partial charge in [0.05, 0.1) is 12.1 Å². The first-order valence-corrected chi connectivity index (χ1v) is 5.61. The van der Waals surface area contributed by atoms with E-state index in [4.69, 9.17) is 16.3 Å². The van der Waals surface area contributed by atoms with E-state index in [-0.39, 0.29) is 6.03 Å². The van der Waals surface area contributed by atoms with E-state index >= 15 is 0 Å². The van der Waals surface area contributed by atoms with Crippen molar-refractivity contribution in [2.75, 3.05) is 12.4 Å². The molecule has 0 fully saturated rings. The van der Waals surface area contributed by atoms with E-state index in [1.165, 1.54) is 7.11 Å². The quantitative estimate of drug-likeness (QED) is 0.865. The van der Waals surface area contributed by atoms with Gasteiger partial charge in [-0.15, -0.1) is 0 Å². The third-order valence-corrected chi connectivity index (χ3v) is 2.27. The van der Waals surface area contributed by atoms with E-state index in [2.05, 4.69) is 10.6 Å². The number of urea groups is 1. The van der Waals surface area contributed by atoms with Gasteiger partial charge in [0.25, 0.3) is 0 Å². The Morgan fingerprint density at radius 3 is 2.88 bits per heavy atom. The van der Waals surface area contributed by atoms with Gasteiger partial charge in [0.2, 0.25) is 0 Å². The molecule has 1 aromatic carbocycles. The summed E-state index contributed by atoms with van der Waals surface area (Å²) in [6.07, 6.45) is 4.32. The van der Waals surface area contributed by atoms with E-state index in [1.807, 2.05) is 13.0 Å². The van der Waals surface area contributed by atoms with Crippen LogP contribution in [0.5, 0.6) is 5.75 Å². The highest BCUT2D eigenvalue weighted by molar-refractivity contribution is 6.32. The molecule has 0 saturated carbocycles. The van der Waals surface area contributed by atoms with Gasteiger partial charge in [0, 0.05) is 11.9 Å². The van der Waals surface area contributed by atoms with Crippen LogP contribution < -0.4 is 15.4 Å². The molecule has 0 atom stereocenters. The van der Waals surface area contributed by atoms with E-state index in [1.54, 1.807) is 24.4 Å². The molecule has 4 nitrogen and oxygen atoms in total. The Labute approximate surface area is 106 Å². The Bertz CT molecular complexity index is 419. The lowest BCUT2D eigenvalue weighted by Gasteiger charge is -2.07. The first kappa shape index (κ1) is 13.4. The molecule has 0 saturated heterocycles. The summed E-state index contributed by atoms with van der Waals surface area (Å²) in [5.41, 5.74) is 0.609. The van der Waals surface area contributed by atoms with Crippen molar-refractivity contribution in [3.05, 3.63) is 35.5 Å². The summed E-state index contributed by atoms with van der Waals surface area (Å²) < 4.78 is 5.01. The molecule has 2 amide bonds. The average Bonchev–Trinajstić information content (AvgIpc) is 2.29. The van der Waals surface area contributed by atoms with E-state index in [9.17, 15) is 4.79 Å². The number of rotatable bonds is 4. The van der Waals surface area contributed by atoms with Crippen molar-refractivity contribution >= 4 is 23.3 Å². The molecule has 0 aliphatic rings. The molecule has 0 aromatic heterocycles. The van der Waals surface area contributed by atoms with Crippen molar-refractivity contribution in [2.45, 2.75) is 13.3 Å². The van der Waals surface area contributed by atoms with E-state index in [0.717, 1.165) is 6.42 Å². The first-order valence-electron chi connectivity index (χ1n) is 5.23. The molecule has 1 aromatic rings. The highest BCUT2D eigenvalue weighted by atomic mass is 35.5. The van der Waals surface area contributed by atoms with Crippen LogP contribution >= 0.6 is 11.6 Å².